The normalized spacial score (nSPS) is 26.6. The lowest BCUT2D eigenvalue weighted by Gasteiger charge is -2.49. The highest BCUT2D eigenvalue weighted by molar-refractivity contribution is 4.99. The van der Waals surface area contributed by atoms with Crippen LogP contribution in [0.15, 0.2) is 0 Å². The molecule has 21 heavy (non-hydrogen) atoms. The summed E-state index contributed by atoms with van der Waals surface area (Å²) in [5.41, 5.74) is 0.419. The molecule has 2 aliphatic rings. The third-order valence-corrected chi connectivity index (χ3v) is 5.38. The molecule has 1 heterocycles. The van der Waals surface area contributed by atoms with Gasteiger partial charge in [-0.3, -0.25) is 4.90 Å². The highest BCUT2D eigenvalue weighted by atomic mass is 16.5. The first-order valence-corrected chi connectivity index (χ1v) is 9.22. The quantitative estimate of drug-likeness (QED) is 0.728. The summed E-state index contributed by atoms with van der Waals surface area (Å²) in [5.74, 6) is 0.748. The average molecular weight is 296 g/mol. The Morgan fingerprint density at radius 2 is 1.95 bits per heavy atom. The molecule has 124 valence electrons. The Morgan fingerprint density at radius 1 is 1.19 bits per heavy atom. The number of nitrogens with one attached hydrogen (secondary N) is 1. The van der Waals surface area contributed by atoms with Gasteiger partial charge in [-0.1, -0.05) is 40.0 Å². The van der Waals surface area contributed by atoms with E-state index in [4.69, 9.17) is 4.74 Å². The Bertz CT molecular complexity index is 287. The number of hydrogen-bond donors (Lipinski definition) is 1. The fourth-order valence-electron chi connectivity index (χ4n) is 3.87. The van der Waals surface area contributed by atoms with Gasteiger partial charge in [0, 0.05) is 37.8 Å². The molecule has 1 aliphatic carbocycles. The monoisotopic (exact) mass is 296 g/mol. The summed E-state index contributed by atoms with van der Waals surface area (Å²) in [6, 6.07) is 0.700. The van der Waals surface area contributed by atoms with E-state index in [0.717, 1.165) is 25.7 Å². The number of ether oxygens (including phenoxy) is 1. The first kappa shape index (κ1) is 17.2. The molecule has 2 rings (SSSR count). The van der Waals surface area contributed by atoms with E-state index in [1.54, 1.807) is 0 Å². The van der Waals surface area contributed by atoms with E-state index >= 15 is 0 Å². The van der Waals surface area contributed by atoms with Gasteiger partial charge in [0.15, 0.2) is 0 Å². The molecule has 1 saturated heterocycles. The van der Waals surface area contributed by atoms with Crippen LogP contribution >= 0.6 is 0 Å². The van der Waals surface area contributed by atoms with Crippen molar-refractivity contribution in [3.05, 3.63) is 0 Å². The molecule has 1 spiro atoms. The molecule has 0 aromatic carbocycles. The molecular weight excluding hydrogens is 260 g/mol. The van der Waals surface area contributed by atoms with Gasteiger partial charge in [-0.25, -0.2) is 0 Å². The fourth-order valence-corrected chi connectivity index (χ4v) is 3.87. The molecule has 1 aliphatic heterocycles. The van der Waals surface area contributed by atoms with Crippen molar-refractivity contribution in [2.24, 2.45) is 5.92 Å². The van der Waals surface area contributed by atoms with Gasteiger partial charge in [0.2, 0.25) is 0 Å². The Hall–Kier alpha value is -0.120. The van der Waals surface area contributed by atoms with E-state index in [0.29, 0.717) is 11.6 Å². The van der Waals surface area contributed by atoms with Crippen molar-refractivity contribution in [1.82, 2.24) is 10.2 Å². The SMILES string of the molecule is CCC1CNC2(CCCCC2)CN1CCOCCC(C)C. The van der Waals surface area contributed by atoms with Crippen LogP contribution in [0.2, 0.25) is 0 Å². The maximum atomic E-state index is 5.85. The van der Waals surface area contributed by atoms with Gasteiger partial charge < -0.3 is 10.1 Å². The van der Waals surface area contributed by atoms with E-state index in [1.807, 2.05) is 0 Å². The van der Waals surface area contributed by atoms with Crippen molar-refractivity contribution in [3.8, 4) is 0 Å². The van der Waals surface area contributed by atoms with Gasteiger partial charge in [0.05, 0.1) is 6.61 Å². The Labute approximate surface area is 131 Å². The second kappa shape index (κ2) is 8.50. The lowest BCUT2D eigenvalue weighted by molar-refractivity contribution is 0.0246. The minimum absolute atomic E-state index is 0.419. The molecular formula is C18H36N2O. The maximum Gasteiger partial charge on any atom is 0.0593 e. The smallest absolute Gasteiger partial charge is 0.0593 e. The molecule has 1 saturated carbocycles. The van der Waals surface area contributed by atoms with Gasteiger partial charge in [-0.05, 0) is 31.6 Å². The van der Waals surface area contributed by atoms with Crippen molar-refractivity contribution in [2.75, 3.05) is 32.8 Å². The minimum atomic E-state index is 0.419. The van der Waals surface area contributed by atoms with Crippen LogP contribution in [0.3, 0.4) is 0 Å². The molecule has 1 unspecified atom stereocenters. The van der Waals surface area contributed by atoms with E-state index in [-0.39, 0.29) is 0 Å². The largest absolute Gasteiger partial charge is 0.380 e. The summed E-state index contributed by atoms with van der Waals surface area (Å²) in [5, 5.41) is 3.90. The van der Waals surface area contributed by atoms with E-state index in [2.05, 4.69) is 31.0 Å². The third-order valence-electron chi connectivity index (χ3n) is 5.38. The van der Waals surface area contributed by atoms with Crippen LogP contribution in [0.4, 0.5) is 0 Å². The molecule has 0 bridgehead atoms. The van der Waals surface area contributed by atoms with Gasteiger partial charge in [-0.2, -0.15) is 0 Å². The Balaban J connectivity index is 1.77. The molecule has 2 fully saturated rings. The van der Waals surface area contributed by atoms with E-state index in [9.17, 15) is 0 Å². The standard InChI is InChI=1S/C18H36N2O/c1-4-17-14-19-18(9-6-5-7-10-18)15-20(17)11-13-21-12-8-16(2)3/h16-17,19H,4-15H2,1-3H3. The van der Waals surface area contributed by atoms with Crippen molar-refractivity contribution < 1.29 is 4.74 Å². The van der Waals surface area contributed by atoms with E-state index in [1.165, 1.54) is 58.0 Å². The topological polar surface area (TPSA) is 24.5 Å². The van der Waals surface area contributed by atoms with Crippen LogP contribution in [0.25, 0.3) is 0 Å². The summed E-state index contributed by atoms with van der Waals surface area (Å²) in [7, 11) is 0. The molecule has 0 aromatic rings. The molecule has 1 N–H and O–H groups in total. The zero-order chi connectivity index (χ0) is 15.1. The minimum Gasteiger partial charge on any atom is -0.380 e. The molecule has 0 radical (unpaired) electrons. The summed E-state index contributed by atoms with van der Waals surface area (Å²) in [6.45, 7) is 12.2. The van der Waals surface area contributed by atoms with Crippen LogP contribution in [-0.2, 0) is 4.74 Å². The highest BCUT2D eigenvalue weighted by Gasteiger charge is 2.38. The zero-order valence-corrected chi connectivity index (χ0v) is 14.5. The molecule has 0 aromatic heterocycles. The van der Waals surface area contributed by atoms with Crippen molar-refractivity contribution in [2.45, 2.75) is 77.3 Å². The summed E-state index contributed by atoms with van der Waals surface area (Å²) >= 11 is 0. The molecule has 1 atom stereocenters. The van der Waals surface area contributed by atoms with Crippen LogP contribution in [-0.4, -0.2) is 49.3 Å². The zero-order valence-electron chi connectivity index (χ0n) is 14.5. The number of rotatable bonds is 7. The van der Waals surface area contributed by atoms with Crippen LogP contribution in [0.5, 0.6) is 0 Å². The summed E-state index contributed by atoms with van der Waals surface area (Å²) in [4.78, 5) is 2.71. The van der Waals surface area contributed by atoms with Crippen LogP contribution < -0.4 is 5.32 Å². The summed E-state index contributed by atoms with van der Waals surface area (Å²) in [6.07, 6.45) is 9.41. The maximum absolute atomic E-state index is 5.85. The number of nitrogens with zero attached hydrogens (tertiary/aromatic N) is 1. The van der Waals surface area contributed by atoms with E-state index < -0.39 is 0 Å². The second-order valence-electron chi connectivity index (χ2n) is 7.55. The first-order valence-electron chi connectivity index (χ1n) is 9.22. The highest BCUT2D eigenvalue weighted by Crippen LogP contribution is 2.32. The molecule has 3 heteroatoms. The molecule has 3 nitrogen and oxygen atoms in total. The predicted molar refractivity (Wildman–Crippen MR) is 89.7 cm³/mol. The second-order valence-corrected chi connectivity index (χ2v) is 7.55. The lowest BCUT2D eigenvalue weighted by atomic mass is 9.79. The Morgan fingerprint density at radius 3 is 2.62 bits per heavy atom. The van der Waals surface area contributed by atoms with Gasteiger partial charge in [0.1, 0.15) is 0 Å². The van der Waals surface area contributed by atoms with Gasteiger partial charge in [0.25, 0.3) is 0 Å². The van der Waals surface area contributed by atoms with Crippen LogP contribution in [0, 0.1) is 5.92 Å². The lowest BCUT2D eigenvalue weighted by Crippen LogP contribution is -2.65. The summed E-state index contributed by atoms with van der Waals surface area (Å²) < 4.78 is 5.85. The van der Waals surface area contributed by atoms with Crippen LogP contribution in [0.1, 0.15) is 65.7 Å². The Kier molecular flexibility index (Phi) is 6.97. The van der Waals surface area contributed by atoms with Crippen molar-refractivity contribution in [3.63, 3.8) is 0 Å². The van der Waals surface area contributed by atoms with Gasteiger partial charge >= 0.3 is 0 Å². The van der Waals surface area contributed by atoms with Gasteiger partial charge in [-0.15, -0.1) is 0 Å². The fraction of sp³-hybridized carbons (Fsp3) is 1.00. The molecule has 0 amide bonds. The third kappa shape index (κ3) is 5.22. The predicted octanol–water partition coefficient (Wildman–Crippen LogP) is 3.44. The number of piperazine rings is 1. The van der Waals surface area contributed by atoms with Crippen molar-refractivity contribution in [1.29, 1.82) is 0 Å². The number of hydrogen-bond acceptors (Lipinski definition) is 3. The first-order chi connectivity index (χ1) is 10.2. The average Bonchev–Trinajstić information content (AvgIpc) is 2.48. The van der Waals surface area contributed by atoms with Crippen molar-refractivity contribution >= 4 is 0 Å².